The van der Waals surface area contributed by atoms with Crippen LogP contribution in [0.4, 0.5) is 11.5 Å². The summed E-state index contributed by atoms with van der Waals surface area (Å²) in [7, 11) is 0. The summed E-state index contributed by atoms with van der Waals surface area (Å²) < 4.78 is 0. The third-order valence-electron chi connectivity index (χ3n) is 2.19. The topological polar surface area (TPSA) is 98.0 Å². The van der Waals surface area contributed by atoms with Crippen molar-refractivity contribution in [2.75, 3.05) is 5.32 Å². The predicted molar refractivity (Wildman–Crippen MR) is 68.1 cm³/mol. The molecule has 7 nitrogen and oxygen atoms in total. The lowest BCUT2D eigenvalue weighted by Gasteiger charge is -2.04. The van der Waals surface area contributed by atoms with Crippen molar-refractivity contribution >= 4 is 29.0 Å². The fraction of sp³-hybridized carbons (Fsp3) is 0. The highest BCUT2D eigenvalue weighted by Crippen LogP contribution is 2.14. The van der Waals surface area contributed by atoms with Crippen molar-refractivity contribution < 1.29 is 9.72 Å². The molecule has 1 heterocycles. The van der Waals surface area contributed by atoms with Crippen molar-refractivity contribution in [3.63, 3.8) is 0 Å². The normalized spacial score (nSPS) is 9.95. The molecule has 2 rings (SSSR count). The largest absolute Gasteiger partial charge is 0.306 e. The Balaban J connectivity index is 2.20. The van der Waals surface area contributed by atoms with E-state index in [4.69, 9.17) is 11.6 Å². The lowest BCUT2D eigenvalue weighted by atomic mass is 10.2. The second kappa shape index (κ2) is 5.40. The molecule has 96 valence electrons. The molecule has 0 aliphatic carbocycles. The SMILES string of the molecule is O=C(Nc1ccnc(Cl)n1)c1cccc([N+](=O)[O-])c1. The van der Waals surface area contributed by atoms with Crippen LogP contribution in [0.25, 0.3) is 0 Å². The van der Waals surface area contributed by atoms with E-state index in [0.717, 1.165) is 0 Å². The van der Waals surface area contributed by atoms with Crippen LogP contribution in [0.2, 0.25) is 5.28 Å². The number of hydrogen-bond donors (Lipinski definition) is 1. The summed E-state index contributed by atoms with van der Waals surface area (Å²) in [6.45, 7) is 0. The summed E-state index contributed by atoms with van der Waals surface area (Å²) in [6.07, 6.45) is 1.39. The summed E-state index contributed by atoms with van der Waals surface area (Å²) in [4.78, 5) is 29.4. The Hall–Kier alpha value is -2.54. The van der Waals surface area contributed by atoms with E-state index in [1.807, 2.05) is 0 Å². The van der Waals surface area contributed by atoms with Gasteiger partial charge in [0.2, 0.25) is 5.28 Å². The highest BCUT2D eigenvalue weighted by atomic mass is 35.5. The van der Waals surface area contributed by atoms with Gasteiger partial charge in [-0.3, -0.25) is 14.9 Å². The molecular weight excluding hydrogens is 272 g/mol. The number of carbonyl (C=O) groups excluding carboxylic acids is 1. The minimum Gasteiger partial charge on any atom is -0.306 e. The first-order chi connectivity index (χ1) is 9.06. The van der Waals surface area contributed by atoms with Gasteiger partial charge in [-0.25, -0.2) is 9.97 Å². The highest BCUT2D eigenvalue weighted by molar-refractivity contribution is 6.28. The summed E-state index contributed by atoms with van der Waals surface area (Å²) in [5.74, 6) is -0.296. The first-order valence-electron chi connectivity index (χ1n) is 5.10. The van der Waals surface area contributed by atoms with E-state index < -0.39 is 10.8 Å². The predicted octanol–water partition coefficient (Wildman–Crippen LogP) is 2.29. The number of nitro groups is 1. The maximum absolute atomic E-state index is 11.9. The van der Waals surface area contributed by atoms with Crippen molar-refractivity contribution in [3.05, 3.63) is 57.5 Å². The van der Waals surface area contributed by atoms with Crippen molar-refractivity contribution in [1.82, 2.24) is 9.97 Å². The fourth-order valence-corrected chi connectivity index (χ4v) is 1.50. The number of amides is 1. The van der Waals surface area contributed by atoms with Crippen LogP contribution in [0.15, 0.2) is 36.5 Å². The number of hydrogen-bond acceptors (Lipinski definition) is 5. The average Bonchev–Trinajstić information content (AvgIpc) is 2.39. The number of carbonyl (C=O) groups is 1. The molecule has 0 saturated heterocycles. The number of benzene rings is 1. The molecule has 1 N–H and O–H groups in total. The Labute approximate surface area is 112 Å². The second-order valence-electron chi connectivity index (χ2n) is 3.47. The number of halogens is 1. The number of non-ortho nitro benzene ring substituents is 1. The Morgan fingerprint density at radius 1 is 1.37 bits per heavy atom. The van der Waals surface area contributed by atoms with Gasteiger partial charge in [0, 0.05) is 23.9 Å². The van der Waals surface area contributed by atoms with E-state index in [1.165, 1.54) is 36.5 Å². The minimum atomic E-state index is -0.571. The quantitative estimate of drug-likeness (QED) is 0.527. The zero-order valence-electron chi connectivity index (χ0n) is 9.41. The second-order valence-corrected chi connectivity index (χ2v) is 3.81. The van der Waals surface area contributed by atoms with Crippen LogP contribution < -0.4 is 5.32 Å². The molecule has 0 aliphatic heterocycles. The Bertz CT molecular complexity index is 647. The van der Waals surface area contributed by atoms with Gasteiger partial charge >= 0.3 is 0 Å². The monoisotopic (exact) mass is 278 g/mol. The minimum absolute atomic E-state index is 0.00292. The van der Waals surface area contributed by atoms with E-state index >= 15 is 0 Å². The van der Waals surface area contributed by atoms with Crippen LogP contribution in [0.5, 0.6) is 0 Å². The molecule has 0 fully saturated rings. The van der Waals surface area contributed by atoms with Gasteiger partial charge in [0.15, 0.2) is 0 Å². The van der Waals surface area contributed by atoms with Gasteiger partial charge in [0.1, 0.15) is 5.82 Å². The maximum atomic E-state index is 11.9. The lowest BCUT2D eigenvalue weighted by Crippen LogP contribution is -2.13. The number of anilines is 1. The number of nitro benzene ring substituents is 1. The standard InChI is InChI=1S/C11H7ClN4O3/c12-11-13-5-4-9(15-11)14-10(17)7-2-1-3-8(6-7)16(18)19/h1-6H,(H,13,14,15,17). The molecule has 0 unspecified atom stereocenters. The van der Waals surface area contributed by atoms with Crippen molar-refractivity contribution in [2.45, 2.75) is 0 Å². The van der Waals surface area contributed by atoms with Gasteiger partial charge < -0.3 is 5.32 Å². The van der Waals surface area contributed by atoms with E-state index in [-0.39, 0.29) is 22.4 Å². The van der Waals surface area contributed by atoms with Gasteiger partial charge in [-0.15, -0.1) is 0 Å². The van der Waals surface area contributed by atoms with E-state index in [9.17, 15) is 14.9 Å². The van der Waals surface area contributed by atoms with Crippen molar-refractivity contribution in [2.24, 2.45) is 0 Å². The van der Waals surface area contributed by atoms with E-state index in [0.29, 0.717) is 0 Å². The third kappa shape index (κ3) is 3.23. The first-order valence-corrected chi connectivity index (χ1v) is 5.48. The third-order valence-corrected chi connectivity index (χ3v) is 2.37. The van der Waals surface area contributed by atoms with E-state index in [1.54, 1.807) is 0 Å². The summed E-state index contributed by atoms with van der Waals surface area (Å²) in [5, 5.41) is 13.1. The molecule has 8 heteroatoms. The molecule has 0 bridgehead atoms. The smallest absolute Gasteiger partial charge is 0.270 e. The van der Waals surface area contributed by atoms with Gasteiger partial charge in [-0.05, 0) is 23.7 Å². The molecule has 0 aliphatic rings. The number of rotatable bonds is 3. The van der Waals surface area contributed by atoms with Gasteiger partial charge in [0.25, 0.3) is 11.6 Å². The van der Waals surface area contributed by atoms with E-state index in [2.05, 4.69) is 15.3 Å². The highest BCUT2D eigenvalue weighted by Gasteiger charge is 2.12. The van der Waals surface area contributed by atoms with Crippen LogP contribution >= 0.6 is 11.6 Å². The van der Waals surface area contributed by atoms with Crippen molar-refractivity contribution in [3.8, 4) is 0 Å². The van der Waals surface area contributed by atoms with Crippen LogP contribution in [-0.4, -0.2) is 20.8 Å². The number of nitrogens with one attached hydrogen (secondary N) is 1. The van der Waals surface area contributed by atoms with Crippen LogP contribution in [0.3, 0.4) is 0 Å². The average molecular weight is 279 g/mol. The van der Waals surface area contributed by atoms with Crippen LogP contribution in [0, 0.1) is 10.1 Å². The molecular formula is C11H7ClN4O3. The van der Waals surface area contributed by atoms with Crippen LogP contribution in [0.1, 0.15) is 10.4 Å². The van der Waals surface area contributed by atoms with Crippen molar-refractivity contribution in [1.29, 1.82) is 0 Å². The summed E-state index contributed by atoms with van der Waals surface area (Å²) in [5.41, 5.74) is -0.00250. The van der Waals surface area contributed by atoms with Gasteiger partial charge in [0.05, 0.1) is 4.92 Å². The summed E-state index contributed by atoms with van der Waals surface area (Å²) >= 11 is 5.58. The number of aromatic nitrogens is 2. The molecule has 1 aromatic heterocycles. The Morgan fingerprint density at radius 3 is 2.84 bits per heavy atom. The summed E-state index contributed by atoms with van der Waals surface area (Å²) in [6, 6.07) is 6.84. The van der Waals surface area contributed by atoms with Crippen LogP contribution in [-0.2, 0) is 0 Å². The maximum Gasteiger partial charge on any atom is 0.270 e. The van der Waals surface area contributed by atoms with Gasteiger partial charge in [-0.2, -0.15) is 0 Å². The number of nitrogens with zero attached hydrogens (tertiary/aromatic N) is 3. The zero-order chi connectivity index (χ0) is 13.8. The Morgan fingerprint density at radius 2 is 2.16 bits per heavy atom. The molecule has 0 radical (unpaired) electrons. The lowest BCUT2D eigenvalue weighted by molar-refractivity contribution is -0.384. The van der Waals surface area contributed by atoms with Gasteiger partial charge in [-0.1, -0.05) is 6.07 Å². The molecule has 19 heavy (non-hydrogen) atoms. The Kier molecular flexibility index (Phi) is 3.67. The molecule has 1 amide bonds. The molecule has 0 spiro atoms. The zero-order valence-corrected chi connectivity index (χ0v) is 10.2. The fourth-order valence-electron chi connectivity index (χ4n) is 1.35. The molecule has 2 aromatic rings. The molecule has 0 saturated carbocycles. The molecule has 0 atom stereocenters. The first kappa shape index (κ1) is 12.9. The molecule has 1 aromatic carbocycles.